The largest absolute Gasteiger partial charge is 0.350 e. The van der Waals surface area contributed by atoms with Gasteiger partial charge in [0, 0.05) is 30.4 Å². The highest BCUT2D eigenvalue weighted by atomic mass is 32.1. The van der Waals surface area contributed by atoms with E-state index in [4.69, 9.17) is 0 Å². The van der Waals surface area contributed by atoms with Crippen molar-refractivity contribution in [3.8, 4) is 11.1 Å². The maximum absolute atomic E-state index is 11.4. The number of carbonyl (C=O) groups is 1. The van der Waals surface area contributed by atoms with E-state index in [2.05, 4.69) is 52.9 Å². The van der Waals surface area contributed by atoms with Crippen LogP contribution in [0, 0.1) is 0 Å². The molecule has 1 aromatic carbocycles. The molecular formula is C19H24N2OS. The molecule has 2 aromatic rings. The number of amides is 1. The fraction of sp³-hybridized carbons (Fsp3) is 0.421. The van der Waals surface area contributed by atoms with Crippen molar-refractivity contribution >= 4 is 17.2 Å². The van der Waals surface area contributed by atoms with Crippen LogP contribution in [0.3, 0.4) is 0 Å². The van der Waals surface area contributed by atoms with Crippen molar-refractivity contribution in [3.63, 3.8) is 0 Å². The molecule has 122 valence electrons. The van der Waals surface area contributed by atoms with E-state index in [1.54, 1.807) is 6.92 Å². The number of nitrogens with one attached hydrogen (secondary N) is 1. The Bertz CT molecular complexity index is 667. The molecular weight excluding hydrogens is 304 g/mol. The maximum Gasteiger partial charge on any atom is 0.217 e. The molecule has 0 spiro atoms. The van der Waals surface area contributed by atoms with E-state index in [1.165, 1.54) is 16.0 Å². The molecule has 0 saturated carbocycles. The van der Waals surface area contributed by atoms with Gasteiger partial charge in [-0.15, -0.1) is 11.3 Å². The lowest BCUT2D eigenvalue weighted by Gasteiger charge is -2.40. The Morgan fingerprint density at radius 2 is 2.09 bits per heavy atom. The molecule has 0 bridgehead atoms. The summed E-state index contributed by atoms with van der Waals surface area (Å²) in [6.45, 7) is 6.76. The number of piperidine rings is 1. The molecule has 0 radical (unpaired) electrons. The second kappa shape index (κ2) is 6.85. The molecule has 1 aromatic heterocycles. The van der Waals surface area contributed by atoms with Crippen LogP contribution in [0.5, 0.6) is 0 Å². The number of rotatable bonds is 4. The lowest BCUT2D eigenvalue weighted by Crippen LogP contribution is -2.56. The Morgan fingerprint density at radius 1 is 1.30 bits per heavy atom. The first-order valence-electron chi connectivity index (χ1n) is 8.18. The SMILES string of the molecule is CC(=O)NC1(C)CCCN(Cc2cc(-c3ccccc3)cs2)C1. The van der Waals surface area contributed by atoms with Gasteiger partial charge in [-0.2, -0.15) is 0 Å². The molecule has 4 heteroatoms. The lowest BCUT2D eigenvalue weighted by atomic mass is 9.91. The predicted molar refractivity (Wildman–Crippen MR) is 96.5 cm³/mol. The summed E-state index contributed by atoms with van der Waals surface area (Å²) < 4.78 is 0. The van der Waals surface area contributed by atoms with E-state index in [-0.39, 0.29) is 11.4 Å². The zero-order valence-electron chi connectivity index (χ0n) is 13.8. The second-order valence-corrected chi connectivity index (χ2v) is 7.72. The summed E-state index contributed by atoms with van der Waals surface area (Å²) in [4.78, 5) is 15.3. The summed E-state index contributed by atoms with van der Waals surface area (Å²) in [5.41, 5.74) is 2.48. The van der Waals surface area contributed by atoms with Crippen LogP contribution >= 0.6 is 11.3 Å². The topological polar surface area (TPSA) is 32.3 Å². The van der Waals surface area contributed by atoms with Gasteiger partial charge in [0.1, 0.15) is 0 Å². The van der Waals surface area contributed by atoms with Crippen LogP contribution in [0.25, 0.3) is 11.1 Å². The number of likely N-dealkylation sites (tertiary alicyclic amines) is 1. The van der Waals surface area contributed by atoms with Gasteiger partial charge in [0.05, 0.1) is 0 Å². The van der Waals surface area contributed by atoms with Gasteiger partial charge in [-0.3, -0.25) is 9.69 Å². The second-order valence-electron chi connectivity index (χ2n) is 6.72. The normalized spacial score (nSPS) is 22.0. The minimum absolute atomic E-state index is 0.0665. The number of hydrogen-bond donors (Lipinski definition) is 1. The average molecular weight is 328 g/mol. The summed E-state index contributed by atoms with van der Waals surface area (Å²) in [7, 11) is 0. The van der Waals surface area contributed by atoms with Crippen LogP contribution < -0.4 is 5.32 Å². The summed E-state index contributed by atoms with van der Waals surface area (Å²) >= 11 is 1.82. The molecule has 23 heavy (non-hydrogen) atoms. The first-order valence-corrected chi connectivity index (χ1v) is 9.06. The first-order chi connectivity index (χ1) is 11.0. The minimum Gasteiger partial charge on any atom is -0.350 e. The third-order valence-corrected chi connectivity index (χ3v) is 5.32. The zero-order chi connectivity index (χ0) is 16.3. The average Bonchev–Trinajstić information content (AvgIpc) is 2.95. The van der Waals surface area contributed by atoms with E-state index < -0.39 is 0 Å². The molecule has 2 heterocycles. The van der Waals surface area contributed by atoms with Crippen molar-refractivity contribution in [3.05, 3.63) is 46.7 Å². The van der Waals surface area contributed by atoms with Gasteiger partial charge in [0.15, 0.2) is 0 Å². The van der Waals surface area contributed by atoms with Crippen LogP contribution in [0.2, 0.25) is 0 Å². The van der Waals surface area contributed by atoms with Crippen molar-refractivity contribution in [1.29, 1.82) is 0 Å². The Labute approximate surface area is 142 Å². The van der Waals surface area contributed by atoms with Crippen LogP contribution in [0.1, 0.15) is 31.6 Å². The number of thiophene rings is 1. The fourth-order valence-electron chi connectivity index (χ4n) is 3.47. The van der Waals surface area contributed by atoms with Crippen molar-refractivity contribution < 1.29 is 4.79 Å². The Balaban J connectivity index is 1.65. The molecule has 1 N–H and O–H groups in total. The first kappa shape index (κ1) is 16.2. The summed E-state index contributed by atoms with van der Waals surface area (Å²) in [6, 6.07) is 12.8. The lowest BCUT2D eigenvalue weighted by molar-refractivity contribution is -0.121. The molecule has 0 aliphatic carbocycles. The monoisotopic (exact) mass is 328 g/mol. The zero-order valence-corrected chi connectivity index (χ0v) is 14.7. The Hall–Kier alpha value is -1.65. The van der Waals surface area contributed by atoms with Crippen molar-refractivity contribution in [2.24, 2.45) is 0 Å². The number of nitrogens with zero attached hydrogens (tertiary/aromatic N) is 1. The van der Waals surface area contributed by atoms with E-state index in [0.717, 1.165) is 32.5 Å². The standard InChI is InChI=1S/C19H24N2OS/c1-15(22)20-19(2)9-6-10-21(14-19)12-18-11-17(13-23-18)16-7-4-3-5-8-16/h3-5,7-8,11,13H,6,9-10,12,14H2,1-2H3,(H,20,22). The van der Waals surface area contributed by atoms with Gasteiger partial charge in [-0.25, -0.2) is 0 Å². The summed E-state index contributed by atoms with van der Waals surface area (Å²) in [5.74, 6) is 0.0665. The van der Waals surface area contributed by atoms with E-state index in [0.29, 0.717) is 0 Å². The van der Waals surface area contributed by atoms with Gasteiger partial charge in [0.2, 0.25) is 5.91 Å². The number of hydrogen-bond acceptors (Lipinski definition) is 3. The molecule has 1 amide bonds. The fourth-order valence-corrected chi connectivity index (χ4v) is 4.41. The van der Waals surface area contributed by atoms with Crippen LogP contribution in [0.15, 0.2) is 41.8 Å². The van der Waals surface area contributed by atoms with Crippen molar-refractivity contribution in [2.45, 2.75) is 38.8 Å². The minimum atomic E-state index is -0.0936. The molecule has 1 aliphatic rings. The Kier molecular flexibility index (Phi) is 4.83. The molecule has 3 nitrogen and oxygen atoms in total. The molecule has 1 saturated heterocycles. The van der Waals surface area contributed by atoms with Crippen LogP contribution in [0.4, 0.5) is 0 Å². The highest BCUT2D eigenvalue weighted by Gasteiger charge is 2.31. The molecule has 1 aliphatic heterocycles. The van der Waals surface area contributed by atoms with Gasteiger partial charge in [-0.05, 0) is 48.9 Å². The molecule has 1 fully saturated rings. The molecule has 1 unspecified atom stereocenters. The smallest absolute Gasteiger partial charge is 0.217 e. The van der Waals surface area contributed by atoms with E-state index in [1.807, 2.05) is 17.4 Å². The number of benzene rings is 1. The highest BCUT2D eigenvalue weighted by molar-refractivity contribution is 7.10. The third-order valence-electron chi connectivity index (χ3n) is 4.39. The summed E-state index contributed by atoms with van der Waals surface area (Å²) in [5, 5.41) is 5.37. The highest BCUT2D eigenvalue weighted by Crippen LogP contribution is 2.28. The van der Waals surface area contributed by atoms with E-state index >= 15 is 0 Å². The quantitative estimate of drug-likeness (QED) is 0.923. The van der Waals surface area contributed by atoms with Gasteiger partial charge in [-0.1, -0.05) is 30.3 Å². The van der Waals surface area contributed by atoms with Gasteiger partial charge < -0.3 is 5.32 Å². The predicted octanol–water partition coefficient (Wildman–Crippen LogP) is 3.91. The summed E-state index contributed by atoms with van der Waals surface area (Å²) in [6.07, 6.45) is 2.19. The van der Waals surface area contributed by atoms with Crippen molar-refractivity contribution in [1.82, 2.24) is 10.2 Å². The van der Waals surface area contributed by atoms with Crippen LogP contribution in [-0.4, -0.2) is 29.4 Å². The Morgan fingerprint density at radius 3 is 2.83 bits per heavy atom. The van der Waals surface area contributed by atoms with Crippen molar-refractivity contribution in [2.75, 3.05) is 13.1 Å². The molecule has 1 atom stereocenters. The third kappa shape index (κ3) is 4.21. The van der Waals surface area contributed by atoms with Gasteiger partial charge >= 0.3 is 0 Å². The van der Waals surface area contributed by atoms with Gasteiger partial charge in [0.25, 0.3) is 0 Å². The van der Waals surface area contributed by atoms with Crippen LogP contribution in [-0.2, 0) is 11.3 Å². The van der Waals surface area contributed by atoms with E-state index in [9.17, 15) is 4.79 Å². The number of carbonyl (C=O) groups excluding carboxylic acids is 1. The maximum atomic E-state index is 11.4. The molecule has 3 rings (SSSR count).